The molecule has 1 aromatic carbocycles. The summed E-state index contributed by atoms with van der Waals surface area (Å²) in [5.74, 6) is 1.98. The fraction of sp³-hybridized carbons (Fsp3) is 0.316. The van der Waals surface area contributed by atoms with Crippen molar-refractivity contribution in [1.29, 1.82) is 0 Å². The van der Waals surface area contributed by atoms with Crippen LogP contribution in [0.4, 0.5) is 5.82 Å². The molecular formula is C19H19N5S. The first-order valence-corrected chi connectivity index (χ1v) is 9.63. The van der Waals surface area contributed by atoms with Crippen LogP contribution in [0, 0.1) is 0 Å². The molecule has 1 aliphatic rings. The molecule has 0 spiro atoms. The van der Waals surface area contributed by atoms with Gasteiger partial charge in [-0.2, -0.15) is 0 Å². The van der Waals surface area contributed by atoms with Crippen molar-refractivity contribution in [2.24, 2.45) is 0 Å². The topological polar surface area (TPSA) is 66.5 Å². The number of rotatable bonds is 4. The number of hydrogen-bond donors (Lipinski definition) is 2. The van der Waals surface area contributed by atoms with Crippen molar-refractivity contribution < 1.29 is 0 Å². The molecular weight excluding hydrogens is 330 g/mol. The molecule has 0 saturated carbocycles. The molecule has 0 fully saturated rings. The summed E-state index contributed by atoms with van der Waals surface area (Å²) in [5.41, 5.74) is 3.58. The number of H-pyrrole nitrogens is 1. The van der Waals surface area contributed by atoms with Crippen LogP contribution in [0.25, 0.3) is 21.3 Å². The molecule has 4 aromatic rings. The monoisotopic (exact) mass is 349 g/mol. The highest BCUT2D eigenvalue weighted by Crippen LogP contribution is 2.38. The zero-order valence-corrected chi connectivity index (χ0v) is 14.7. The van der Waals surface area contributed by atoms with E-state index in [9.17, 15) is 0 Å². The van der Waals surface area contributed by atoms with Gasteiger partial charge in [0.15, 0.2) is 0 Å². The minimum absolute atomic E-state index is 0.802. The summed E-state index contributed by atoms with van der Waals surface area (Å²) >= 11 is 1.84. The minimum atomic E-state index is 0.802. The number of fused-ring (bicyclic) bond motifs is 4. The van der Waals surface area contributed by atoms with Crippen LogP contribution in [0.2, 0.25) is 0 Å². The molecule has 0 atom stereocenters. The van der Waals surface area contributed by atoms with Gasteiger partial charge in [-0.1, -0.05) is 12.1 Å². The average Bonchev–Trinajstić information content (AvgIpc) is 3.22. The number of hydrogen-bond acceptors (Lipinski definition) is 5. The van der Waals surface area contributed by atoms with Gasteiger partial charge < -0.3 is 10.3 Å². The molecule has 2 N–H and O–H groups in total. The average molecular weight is 349 g/mol. The van der Waals surface area contributed by atoms with Crippen molar-refractivity contribution >= 4 is 38.4 Å². The highest BCUT2D eigenvalue weighted by Gasteiger charge is 2.19. The van der Waals surface area contributed by atoms with Crippen molar-refractivity contribution in [2.45, 2.75) is 32.1 Å². The third-order valence-corrected chi connectivity index (χ3v) is 6.04. The van der Waals surface area contributed by atoms with Gasteiger partial charge in [-0.15, -0.1) is 11.3 Å². The lowest BCUT2D eigenvalue weighted by Crippen LogP contribution is -2.08. The smallest absolute Gasteiger partial charge is 0.138 e. The Labute approximate surface area is 149 Å². The van der Waals surface area contributed by atoms with Crippen LogP contribution >= 0.6 is 11.3 Å². The van der Waals surface area contributed by atoms with Gasteiger partial charge in [0, 0.05) is 17.8 Å². The van der Waals surface area contributed by atoms with E-state index >= 15 is 0 Å². The van der Waals surface area contributed by atoms with Gasteiger partial charge in [-0.3, -0.25) is 0 Å². The molecule has 1 aliphatic carbocycles. The summed E-state index contributed by atoms with van der Waals surface area (Å²) in [6, 6.07) is 8.14. The Morgan fingerprint density at radius 2 is 2.04 bits per heavy atom. The second-order valence-electron chi connectivity index (χ2n) is 6.49. The second-order valence-corrected chi connectivity index (χ2v) is 7.57. The lowest BCUT2D eigenvalue weighted by Gasteiger charge is -2.12. The number of aromatic amines is 1. The van der Waals surface area contributed by atoms with Crippen LogP contribution in [0.5, 0.6) is 0 Å². The number of imidazole rings is 1. The molecule has 126 valence electrons. The largest absolute Gasteiger partial charge is 0.369 e. The summed E-state index contributed by atoms with van der Waals surface area (Å²) < 4.78 is 0. The van der Waals surface area contributed by atoms with Crippen LogP contribution in [0.1, 0.15) is 29.1 Å². The van der Waals surface area contributed by atoms with Gasteiger partial charge in [0.05, 0.1) is 16.4 Å². The zero-order valence-electron chi connectivity index (χ0n) is 13.9. The van der Waals surface area contributed by atoms with Crippen molar-refractivity contribution in [1.82, 2.24) is 19.9 Å². The summed E-state index contributed by atoms with van der Waals surface area (Å²) in [7, 11) is 0. The van der Waals surface area contributed by atoms with Gasteiger partial charge in [0.25, 0.3) is 0 Å². The van der Waals surface area contributed by atoms with Gasteiger partial charge >= 0.3 is 0 Å². The zero-order chi connectivity index (χ0) is 16.6. The summed E-state index contributed by atoms with van der Waals surface area (Å²) in [4.78, 5) is 19.6. The molecule has 0 unspecified atom stereocenters. The van der Waals surface area contributed by atoms with Crippen LogP contribution in [0.3, 0.4) is 0 Å². The maximum Gasteiger partial charge on any atom is 0.138 e. The Bertz CT molecular complexity index is 1020. The lowest BCUT2D eigenvalue weighted by atomic mass is 9.97. The number of thiophene rings is 1. The molecule has 0 amide bonds. The first kappa shape index (κ1) is 14.8. The molecule has 3 heterocycles. The van der Waals surface area contributed by atoms with E-state index in [0.717, 1.165) is 46.9 Å². The molecule has 0 saturated heterocycles. The standard InChI is InChI=1S/C19H19N5S/c1-4-8-15-12(5-1)17-18(21-11-22-19(17)25-15)20-10-9-16-23-13-6-2-3-7-14(13)24-16/h2-3,6-7,11H,1,4-5,8-10H2,(H,23,24)(H,20,21,22). The van der Waals surface area contributed by atoms with E-state index < -0.39 is 0 Å². The van der Waals surface area contributed by atoms with E-state index in [1.54, 1.807) is 6.33 Å². The van der Waals surface area contributed by atoms with Crippen molar-refractivity contribution in [3.63, 3.8) is 0 Å². The Morgan fingerprint density at radius 1 is 1.12 bits per heavy atom. The second kappa shape index (κ2) is 6.11. The SMILES string of the molecule is c1ccc2[nH]c(CCNc3ncnc4sc5c(c34)CCCC5)nc2c1. The van der Waals surface area contributed by atoms with Gasteiger partial charge in [-0.25, -0.2) is 15.0 Å². The Hall–Kier alpha value is -2.47. The third-order valence-electron chi connectivity index (χ3n) is 4.84. The number of aromatic nitrogens is 4. The first-order chi connectivity index (χ1) is 12.4. The highest BCUT2D eigenvalue weighted by atomic mass is 32.1. The molecule has 5 rings (SSSR count). The van der Waals surface area contributed by atoms with Crippen LogP contribution < -0.4 is 5.32 Å². The number of anilines is 1. The van der Waals surface area contributed by atoms with E-state index in [-0.39, 0.29) is 0 Å². The summed E-state index contributed by atoms with van der Waals surface area (Å²) in [5, 5.41) is 4.75. The van der Waals surface area contributed by atoms with Gasteiger partial charge in [0.1, 0.15) is 22.8 Å². The molecule has 6 heteroatoms. The van der Waals surface area contributed by atoms with Crippen molar-refractivity contribution in [2.75, 3.05) is 11.9 Å². The predicted molar refractivity (Wildman–Crippen MR) is 102 cm³/mol. The summed E-state index contributed by atoms with van der Waals surface area (Å²) in [6.45, 7) is 0.802. The van der Waals surface area contributed by atoms with E-state index in [1.165, 1.54) is 35.1 Å². The summed E-state index contributed by atoms with van der Waals surface area (Å²) in [6.07, 6.45) is 7.42. The van der Waals surface area contributed by atoms with E-state index in [4.69, 9.17) is 0 Å². The van der Waals surface area contributed by atoms with E-state index in [1.807, 2.05) is 29.5 Å². The van der Waals surface area contributed by atoms with Crippen LogP contribution in [-0.2, 0) is 19.3 Å². The fourth-order valence-electron chi connectivity index (χ4n) is 3.65. The number of benzene rings is 1. The maximum absolute atomic E-state index is 4.64. The predicted octanol–water partition coefficient (Wildman–Crippen LogP) is 4.10. The molecule has 0 aliphatic heterocycles. The van der Waals surface area contributed by atoms with Crippen LogP contribution in [-0.4, -0.2) is 26.5 Å². The number of nitrogens with zero attached hydrogens (tertiary/aromatic N) is 3. The third kappa shape index (κ3) is 2.66. The van der Waals surface area contributed by atoms with Crippen LogP contribution in [0.15, 0.2) is 30.6 Å². The molecule has 25 heavy (non-hydrogen) atoms. The molecule has 0 bridgehead atoms. The maximum atomic E-state index is 4.64. The molecule has 0 radical (unpaired) electrons. The Kier molecular flexibility index (Phi) is 3.63. The quantitative estimate of drug-likeness (QED) is 0.582. The number of para-hydroxylation sites is 2. The van der Waals surface area contributed by atoms with Crippen molar-refractivity contribution in [3.05, 3.63) is 46.9 Å². The Morgan fingerprint density at radius 3 is 3.00 bits per heavy atom. The normalized spacial score (nSPS) is 14.1. The Balaban J connectivity index is 1.38. The lowest BCUT2D eigenvalue weighted by molar-refractivity contribution is 0.700. The van der Waals surface area contributed by atoms with Gasteiger partial charge in [-0.05, 0) is 43.4 Å². The molecule has 5 nitrogen and oxygen atoms in total. The number of aryl methyl sites for hydroxylation is 2. The van der Waals surface area contributed by atoms with Crippen molar-refractivity contribution in [3.8, 4) is 0 Å². The highest BCUT2D eigenvalue weighted by molar-refractivity contribution is 7.19. The van der Waals surface area contributed by atoms with Gasteiger partial charge in [0.2, 0.25) is 0 Å². The number of nitrogens with one attached hydrogen (secondary N) is 2. The molecule has 3 aromatic heterocycles. The van der Waals surface area contributed by atoms with E-state index in [2.05, 4.69) is 31.3 Å². The minimum Gasteiger partial charge on any atom is -0.369 e. The van der Waals surface area contributed by atoms with E-state index in [0.29, 0.717) is 0 Å². The first-order valence-electron chi connectivity index (χ1n) is 8.81. The fourth-order valence-corrected chi connectivity index (χ4v) is 4.88.